The Balaban J connectivity index is 1.24. The molecule has 0 aliphatic carbocycles. The monoisotopic (exact) mass is 567 g/mol. The second-order valence-electron chi connectivity index (χ2n) is 10.1. The number of piperazine rings is 1. The number of likely N-dealkylation sites (N-methyl/N-ethyl adjacent to an activating group) is 1. The van der Waals surface area contributed by atoms with Crippen LogP contribution >= 0.6 is 23.2 Å². The van der Waals surface area contributed by atoms with Gasteiger partial charge in [0.25, 0.3) is 5.91 Å². The minimum absolute atomic E-state index is 0.117. The van der Waals surface area contributed by atoms with Crippen LogP contribution in [-0.2, 0) is 0 Å². The van der Waals surface area contributed by atoms with Crippen molar-refractivity contribution >= 4 is 63.9 Å². The maximum absolute atomic E-state index is 13.6. The van der Waals surface area contributed by atoms with E-state index in [0.29, 0.717) is 65.2 Å². The van der Waals surface area contributed by atoms with Crippen molar-refractivity contribution in [3.8, 4) is 0 Å². The lowest BCUT2D eigenvalue weighted by Crippen LogP contribution is -2.55. The van der Waals surface area contributed by atoms with E-state index in [4.69, 9.17) is 32.3 Å². The Labute approximate surface area is 242 Å². The lowest BCUT2D eigenvalue weighted by atomic mass is 10.1. The fourth-order valence-corrected chi connectivity index (χ4v) is 6.04. The molecule has 2 aromatic carbocycles. The van der Waals surface area contributed by atoms with Crippen LogP contribution in [0.5, 0.6) is 0 Å². The Hall–Kier alpha value is -3.40. The van der Waals surface area contributed by atoms with E-state index < -0.39 is 6.98 Å². The molecule has 1 saturated heterocycles. The van der Waals surface area contributed by atoms with Gasteiger partial charge in [0, 0.05) is 53.4 Å². The Kier molecular flexibility index (Phi) is 5.73. The summed E-state index contributed by atoms with van der Waals surface area (Å²) in [5.41, 5.74) is 3.58. The number of hydrogen-bond donors (Lipinski definition) is 1. The Morgan fingerprint density at radius 3 is 2.54 bits per heavy atom. The molecule has 0 radical (unpaired) electrons. The lowest BCUT2D eigenvalue weighted by Gasteiger charge is -2.44. The summed E-state index contributed by atoms with van der Waals surface area (Å²) in [5, 5.41) is 3.95. The quantitative estimate of drug-likeness (QED) is 0.464. The summed E-state index contributed by atoms with van der Waals surface area (Å²) in [4.78, 5) is 34.5. The van der Waals surface area contributed by atoms with Gasteiger partial charge in [-0.3, -0.25) is 19.6 Å². The maximum Gasteiger partial charge on any atom is 0.270 e. The molecule has 0 saturated carbocycles. The number of anilines is 5. The number of aromatic nitrogens is 2. The van der Waals surface area contributed by atoms with E-state index in [1.54, 1.807) is 23.1 Å². The predicted molar refractivity (Wildman–Crippen MR) is 158 cm³/mol. The van der Waals surface area contributed by atoms with Gasteiger partial charge in [-0.1, -0.05) is 29.3 Å². The molecule has 4 heterocycles. The molecule has 11 heteroatoms. The second-order valence-corrected chi connectivity index (χ2v) is 10.9. The fraction of sp³-hybridized carbons (Fsp3) is 0.357. The SMILES string of the molecule is [2H]C([2H])([2H])N1[C@H](C)CN(c2ccc(Nc3ncc4c(n3)N3CCN=C3N(c3c(Cl)cccc3Cl)C4=O)cc2C)C[C@@H]1C. The number of benzene rings is 2. The standard InChI is InChI=1S/C28H30Cl2N8O/c1-16-12-19(8-9-23(16)36-14-17(2)35(4)18(3)15-36)33-27-32-13-20-25(34-27)37-11-10-31-28(37)38(26(20)39)24-21(29)6-5-7-22(24)30/h5-9,12-13,17-18H,10-11,14-15H2,1-4H3,(H,32,33,34)/t17-,18+/i4D3. The van der Waals surface area contributed by atoms with Gasteiger partial charge in [-0.15, -0.1) is 0 Å². The molecule has 6 rings (SSSR count). The zero-order chi connectivity index (χ0) is 29.9. The Bertz CT molecular complexity index is 1570. The number of carbonyl (C=O) groups excluding carboxylic acids is 1. The number of halogens is 2. The molecule has 1 fully saturated rings. The van der Waals surface area contributed by atoms with Crippen molar-refractivity contribution in [2.45, 2.75) is 32.9 Å². The molecular weight excluding hydrogens is 535 g/mol. The first kappa shape index (κ1) is 22.4. The first-order valence-electron chi connectivity index (χ1n) is 14.3. The van der Waals surface area contributed by atoms with E-state index in [-0.39, 0.29) is 18.0 Å². The Morgan fingerprint density at radius 2 is 1.85 bits per heavy atom. The molecule has 202 valence electrons. The maximum atomic E-state index is 13.6. The van der Waals surface area contributed by atoms with Crippen molar-refractivity contribution in [2.24, 2.45) is 4.99 Å². The molecule has 3 aliphatic rings. The highest BCUT2D eigenvalue weighted by Crippen LogP contribution is 2.40. The first-order valence-corrected chi connectivity index (χ1v) is 13.6. The van der Waals surface area contributed by atoms with Crippen LogP contribution in [0, 0.1) is 6.92 Å². The molecule has 3 aromatic rings. The van der Waals surface area contributed by atoms with Crippen molar-refractivity contribution < 1.29 is 8.91 Å². The normalized spacial score (nSPS) is 22.6. The van der Waals surface area contributed by atoms with Crippen LogP contribution in [0.3, 0.4) is 0 Å². The molecule has 1 aromatic heterocycles. The van der Waals surface area contributed by atoms with Crippen LogP contribution in [0.4, 0.5) is 28.8 Å². The van der Waals surface area contributed by atoms with Gasteiger partial charge >= 0.3 is 0 Å². The van der Waals surface area contributed by atoms with Gasteiger partial charge in [-0.2, -0.15) is 4.98 Å². The van der Waals surface area contributed by atoms with Crippen molar-refractivity contribution in [2.75, 3.05) is 53.2 Å². The number of aryl methyl sites for hydroxylation is 1. The van der Waals surface area contributed by atoms with E-state index in [1.165, 1.54) is 11.1 Å². The second kappa shape index (κ2) is 9.97. The highest BCUT2D eigenvalue weighted by Gasteiger charge is 2.41. The van der Waals surface area contributed by atoms with Crippen LogP contribution in [-0.4, -0.2) is 72.0 Å². The van der Waals surface area contributed by atoms with Gasteiger partial charge in [0.05, 0.1) is 22.3 Å². The van der Waals surface area contributed by atoms with Crippen molar-refractivity contribution in [3.05, 3.63) is 63.8 Å². The van der Waals surface area contributed by atoms with Crippen LogP contribution in [0.25, 0.3) is 0 Å². The van der Waals surface area contributed by atoms with Gasteiger partial charge in [0.15, 0.2) is 5.82 Å². The minimum atomic E-state index is -2.12. The summed E-state index contributed by atoms with van der Waals surface area (Å²) in [6, 6.07) is 10.8. The third-order valence-electron chi connectivity index (χ3n) is 7.35. The minimum Gasteiger partial charge on any atom is -0.368 e. The van der Waals surface area contributed by atoms with Crippen molar-refractivity contribution in [1.29, 1.82) is 0 Å². The molecule has 0 unspecified atom stereocenters. The zero-order valence-corrected chi connectivity index (χ0v) is 23.3. The summed E-state index contributed by atoms with van der Waals surface area (Å²) in [6.45, 7) is 6.10. The third-order valence-corrected chi connectivity index (χ3v) is 7.96. The number of rotatable bonds is 4. The average molecular weight is 569 g/mol. The number of fused-ring (bicyclic) bond motifs is 3. The Morgan fingerprint density at radius 1 is 1.10 bits per heavy atom. The average Bonchev–Trinajstić information content (AvgIpc) is 3.39. The van der Waals surface area contributed by atoms with Gasteiger partial charge in [-0.25, -0.2) is 9.88 Å². The molecule has 9 nitrogen and oxygen atoms in total. The number of carbonyl (C=O) groups is 1. The third kappa shape index (κ3) is 4.48. The van der Waals surface area contributed by atoms with Crippen molar-refractivity contribution in [3.63, 3.8) is 0 Å². The molecule has 3 aliphatic heterocycles. The van der Waals surface area contributed by atoms with Crippen LogP contribution in [0.15, 0.2) is 47.6 Å². The van der Waals surface area contributed by atoms with Crippen LogP contribution in [0.2, 0.25) is 10.0 Å². The zero-order valence-electron chi connectivity index (χ0n) is 24.8. The number of aliphatic imine (C=N–C) groups is 1. The van der Waals surface area contributed by atoms with Crippen LogP contribution < -0.4 is 20.0 Å². The summed E-state index contributed by atoms with van der Waals surface area (Å²) < 4.78 is 23.7. The molecular formula is C28H30Cl2N8O. The number of hydrogen-bond acceptors (Lipinski definition) is 8. The number of amides is 1. The fourth-order valence-electron chi connectivity index (χ4n) is 5.47. The summed E-state index contributed by atoms with van der Waals surface area (Å²) in [5.74, 6) is 0.884. The van der Waals surface area contributed by atoms with Crippen molar-refractivity contribution in [1.82, 2.24) is 14.9 Å². The lowest BCUT2D eigenvalue weighted by molar-refractivity contribution is 0.1000. The topological polar surface area (TPSA) is 80.2 Å². The van der Waals surface area contributed by atoms with E-state index in [2.05, 4.69) is 20.2 Å². The predicted octanol–water partition coefficient (Wildman–Crippen LogP) is 5.20. The van der Waals surface area contributed by atoms with E-state index in [0.717, 1.165) is 16.9 Å². The number of guanidine groups is 1. The smallest absolute Gasteiger partial charge is 0.270 e. The summed E-state index contributed by atoms with van der Waals surface area (Å²) in [7, 11) is 0. The van der Waals surface area contributed by atoms with E-state index in [9.17, 15) is 4.79 Å². The summed E-state index contributed by atoms with van der Waals surface area (Å²) >= 11 is 12.9. The molecule has 0 bridgehead atoms. The number of para-hydroxylation sites is 1. The van der Waals surface area contributed by atoms with E-state index in [1.807, 2.05) is 43.9 Å². The van der Waals surface area contributed by atoms with Gasteiger partial charge in [0.2, 0.25) is 11.9 Å². The molecule has 39 heavy (non-hydrogen) atoms. The van der Waals surface area contributed by atoms with E-state index >= 15 is 0 Å². The highest BCUT2D eigenvalue weighted by molar-refractivity contribution is 6.43. The number of nitrogens with one attached hydrogen (secondary N) is 1. The molecule has 1 N–H and O–H groups in total. The largest absolute Gasteiger partial charge is 0.368 e. The molecule has 1 amide bonds. The van der Waals surface area contributed by atoms with Gasteiger partial charge in [0.1, 0.15) is 5.56 Å². The van der Waals surface area contributed by atoms with Gasteiger partial charge in [-0.05, 0) is 63.6 Å². The summed E-state index contributed by atoms with van der Waals surface area (Å²) in [6.07, 6.45) is 1.51. The van der Waals surface area contributed by atoms with Gasteiger partial charge < -0.3 is 10.2 Å². The van der Waals surface area contributed by atoms with Crippen LogP contribution in [0.1, 0.15) is 33.9 Å². The first-order chi connectivity index (χ1) is 19.9. The molecule has 0 spiro atoms. The highest BCUT2D eigenvalue weighted by atomic mass is 35.5. The molecule has 2 atom stereocenters. The number of nitrogens with zero attached hydrogens (tertiary/aromatic N) is 7.